The van der Waals surface area contributed by atoms with Crippen LogP contribution in [0.2, 0.25) is 5.02 Å². The van der Waals surface area contributed by atoms with Crippen molar-refractivity contribution in [3.05, 3.63) is 64.3 Å². The van der Waals surface area contributed by atoms with Crippen molar-refractivity contribution in [2.75, 3.05) is 19.7 Å². The van der Waals surface area contributed by atoms with Gasteiger partial charge < -0.3 is 25.8 Å². The number of carbonyl (C=O) groups excluding carboxylic acids is 1. The standard InChI is InChI=1S/C22H22ClN5O2S/c23-15-3-6-19-18(11-15)17-7-9-28(13-29)21(20(17)27-19)14-1-4-16(5-2-14)30-10-8-26-22(25)31-12-24/h1-6,11-13,21,24,27H,7-10H2,(H2,25,26). The number of aromatic amines is 1. The van der Waals surface area contributed by atoms with Gasteiger partial charge in [0.2, 0.25) is 6.41 Å². The number of nitrogens with two attached hydrogens (primary N) is 1. The van der Waals surface area contributed by atoms with E-state index in [1.54, 1.807) is 0 Å². The Labute approximate surface area is 189 Å². The zero-order valence-electron chi connectivity index (χ0n) is 16.7. The third-order valence-corrected chi connectivity index (χ3v) is 5.99. The summed E-state index contributed by atoms with van der Waals surface area (Å²) in [7, 11) is 0. The maximum atomic E-state index is 11.8. The average molecular weight is 456 g/mol. The number of nitrogens with one attached hydrogen (secondary N) is 2. The van der Waals surface area contributed by atoms with E-state index in [9.17, 15) is 4.79 Å². The maximum absolute atomic E-state index is 11.8. The lowest BCUT2D eigenvalue weighted by atomic mass is 9.93. The Morgan fingerprint density at radius 2 is 2.16 bits per heavy atom. The first kappa shape index (κ1) is 21.3. The molecule has 0 saturated carbocycles. The van der Waals surface area contributed by atoms with Crippen LogP contribution < -0.4 is 10.5 Å². The summed E-state index contributed by atoms with van der Waals surface area (Å²) in [6.07, 6.45) is 1.69. The van der Waals surface area contributed by atoms with Crippen molar-refractivity contribution < 1.29 is 9.53 Å². The van der Waals surface area contributed by atoms with Crippen LogP contribution in [0.4, 0.5) is 0 Å². The second kappa shape index (κ2) is 9.45. The first-order chi connectivity index (χ1) is 15.1. The summed E-state index contributed by atoms with van der Waals surface area (Å²) >= 11 is 7.27. The van der Waals surface area contributed by atoms with Crippen molar-refractivity contribution in [1.82, 2.24) is 9.88 Å². The minimum absolute atomic E-state index is 0.191. The number of halogens is 1. The second-order valence-electron chi connectivity index (χ2n) is 7.08. The van der Waals surface area contributed by atoms with Crippen molar-refractivity contribution in [3.63, 3.8) is 0 Å². The average Bonchev–Trinajstić information content (AvgIpc) is 3.14. The van der Waals surface area contributed by atoms with Gasteiger partial charge in [-0.2, -0.15) is 0 Å². The highest BCUT2D eigenvalue weighted by molar-refractivity contribution is 8.24. The number of aromatic nitrogens is 1. The fraction of sp³-hybridized carbons (Fsp3) is 0.227. The summed E-state index contributed by atoms with van der Waals surface area (Å²) in [4.78, 5) is 21.2. The number of carbonyl (C=O) groups is 1. The smallest absolute Gasteiger partial charge is 0.210 e. The van der Waals surface area contributed by atoms with Crippen LogP contribution in [0.5, 0.6) is 5.75 Å². The molecule has 2 aromatic carbocycles. The Kier molecular flexibility index (Phi) is 6.48. The van der Waals surface area contributed by atoms with Gasteiger partial charge in [-0.15, -0.1) is 0 Å². The zero-order valence-corrected chi connectivity index (χ0v) is 18.2. The first-order valence-electron chi connectivity index (χ1n) is 9.80. The molecule has 160 valence electrons. The molecule has 7 nitrogen and oxygen atoms in total. The number of aliphatic imine (C=N–C) groups is 1. The van der Waals surface area contributed by atoms with Gasteiger partial charge in [0.25, 0.3) is 0 Å². The van der Waals surface area contributed by atoms with Crippen LogP contribution in [0.25, 0.3) is 10.9 Å². The van der Waals surface area contributed by atoms with Crippen LogP contribution in [0.15, 0.2) is 47.5 Å². The van der Waals surface area contributed by atoms with Crippen LogP contribution in [0, 0.1) is 5.41 Å². The van der Waals surface area contributed by atoms with E-state index in [0.717, 1.165) is 52.3 Å². The molecule has 0 radical (unpaired) electrons. The summed E-state index contributed by atoms with van der Waals surface area (Å²) in [5.41, 5.74) is 11.0. The Balaban J connectivity index is 1.54. The molecule has 9 heteroatoms. The fourth-order valence-electron chi connectivity index (χ4n) is 3.91. The van der Waals surface area contributed by atoms with Crippen molar-refractivity contribution in [2.24, 2.45) is 10.7 Å². The van der Waals surface area contributed by atoms with Crippen LogP contribution in [-0.4, -0.2) is 46.7 Å². The van der Waals surface area contributed by atoms with Gasteiger partial charge in [0.15, 0.2) is 5.17 Å². The number of amidine groups is 1. The molecule has 0 spiro atoms. The molecular formula is C22H22ClN5O2S. The molecule has 31 heavy (non-hydrogen) atoms. The Morgan fingerprint density at radius 3 is 2.90 bits per heavy atom. The molecule has 1 aliphatic heterocycles. The molecule has 0 aliphatic carbocycles. The third kappa shape index (κ3) is 4.55. The van der Waals surface area contributed by atoms with E-state index in [4.69, 9.17) is 27.5 Å². The topological polar surface area (TPSA) is 108 Å². The van der Waals surface area contributed by atoms with E-state index in [-0.39, 0.29) is 6.04 Å². The molecule has 1 aromatic heterocycles. The quantitative estimate of drug-likeness (QED) is 0.217. The maximum Gasteiger partial charge on any atom is 0.210 e. The number of amides is 1. The van der Waals surface area contributed by atoms with Crippen molar-refractivity contribution in [3.8, 4) is 5.75 Å². The number of ether oxygens (including phenoxy) is 1. The van der Waals surface area contributed by atoms with Crippen molar-refractivity contribution in [2.45, 2.75) is 12.5 Å². The highest BCUT2D eigenvalue weighted by atomic mass is 35.5. The third-order valence-electron chi connectivity index (χ3n) is 5.26. The van der Waals surface area contributed by atoms with Gasteiger partial charge >= 0.3 is 0 Å². The number of rotatable bonds is 7. The van der Waals surface area contributed by atoms with E-state index < -0.39 is 0 Å². The number of hydrogen-bond donors (Lipinski definition) is 3. The van der Waals surface area contributed by atoms with Gasteiger partial charge in [0, 0.05) is 28.2 Å². The van der Waals surface area contributed by atoms with Crippen LogP contribution >= 0.6 is 23.4 Å². The van der Waals surface area contributed by atoms with Gasteiger partial charge in [-0.1, -0.05) is 23.7 Å². The molecule has 2 heterocycles. The molecule has 1 amide bonds. The predicted molar refractivity (Wildman–Crippen MR) is 126 cm³/mol. The van der Waals surface area contributed by atoms with Gasteiger partial charge in [0.1, 0.15) is 12.4 Å². The Bertz CT molecular complexity index is 1130. The molecule has 0 saturated heterocycles. The molecule has 3 aromatic rings. The summed E-state index contributed by atoms with van der Waals surface area (Å²) in [5, 5.41) is 9.13. The normalized spacial score (nSPS) is 16.2. The Morgan fingerprint density at radius 1 is 1.35 bits per heavy atom. The molecule has 1 unspecified atom stereocenters. The van der Waals surface area contributed by atoms with Crippen LogP contribution in [-0.2, 0) is 11.2 Å². The fourth-order valence-corrected chi connectivity index (χ4v) is 4.37. The number of hydrogen-bond acceptors (Lipinski definition) is 5. The highest BCUT2D eigenvalue weighted by Gasteiger charge is 2.31. The summed E-state index contributed by atoms with van der Waals surface area (Å²) in [6.45, 7) is 1.44. The lowest BCUT2D eigenvalue weighted by Gasteiger charge is -2.33. The Hall–Kier alpha value is -2.97. The van der Waals surface area contributed by atoms with Gasteiger partial charge in [-0.3, -0.25) is 9.79 Å². The molecule has 0 bridgehead atoms. The zero-order chi connectivity index (χ0) is 21.8. The monoisotopic (exact) mass is 455 g/mol. The van der Waals surface area contributed by atoms with E-state index in [2.05, 4.69) is 9.98 Å². The van der Waals surface area contributed by atoms with Gasteiger partial charge in [0.05, 0.1) is 18.1 Å². The van der Waals surface area contributed by atoms with E-state index >= 15 is 0 Å². The van der Waals surface area contributed by atoms with E-state index in [1.165, 1.54) is 5.56 Å². The number of fused-ring (bicyclic) bond motifs is 3. The van der Waals surface area contributed by atoms with Crippen LogP contribution in [0.3, 0.4) is 0 Å². The number of H-pyrrole nitrogens is 1. The lowest BCUT2D eigenvalue weighted by molar-refractivity contribution is -0.120. The molecular weight excluding hydrogens is 434 g/mol. The highest BCUT2D eigenvalue weighted by Crippen LogP contribution is 2.38. The van der Waals surface area contributed by atoms with Gasteiger partial charge in [-0.25, -0.2) is 0 Å². The number of thioether (sulfide) groups is 1. The number of benzene rings is 2. The molecule has 1 aliphatic rings. The van der Waals surface area contributed by atoms with Crippen molar-refractivity contribution >= 4 is 51.4 Å². The van der Waals surface area contributed by atoms with E-state index in [0.29, 0.717) is 35.6 Å². The van der Waals surface area contributed by atoms with E-state index in [1.807, 2.05) is 47.4 Å². The summed E-state index contributed by atoms with van der Waals surface area (Å²) < 4.78 is 5.73. The summed E-state index contributed by atoms with van der Waals surface area (Å²) in [6, 6.07) is 13.4. The lowest BCUT2D eigenvalue weighted by Crippen LogP contribution is -2.34. The molecule has 1 atom stereocenters. The SMILES string of the molecule is N=CSC(N)=NCCOc1ccc(C2c3[nH]c4ccc(Cl)cc4c3CCN2C=O)cc1. The predicted octanol–water partition coefficient (Wildman–Crippen LogP) is 3.96. The largest absolute Gasteiger partial charge is 0.492 e. The van der Waals surface area contributed by atoms with Crippen LogP contribution in [0.1, 0.15) is 22.9 Å². The number of nitrogens with zero attached hydrogens (tertiary/aromatic N) is 2. The molecule has 4 N–H and O–H groups in total. The summed E-state index contributed by atoms with van der Waals surface area (Å²) in [5.74, 6) is 0.717. The molecule has 0 fully saturated rings. The minimum atomic E-state index is -0.191. The van der Waals surface area contributed by atoms with Gasteiger partial charge in [-0.05, 0) is 59.6 Å². The van der Waals surface area contributed by atoms with Crippen molar-refractivity contribution in [1.29, 1.82) is 5.41 Å². The molecule has 4 rings (SSSR count). The minimum Gasteiger partial charge on any atom is -0.492 e. The first-order valence-corrected chi connectivity index (χ1v) is 11.1. The second-order valence-corrected chi connectivity index (χ2v) is 8.40.